The van der Waals surface area contributed by atoms with E-state index < -0.39 is 32.7 Å². The largest absolute Gasteiger partial charge is 0.457 e. The number of piperazine rings is 1. The predicted octanol–water partition coefficient (Wildman–Crippen LogP) is 1.94. The Labute approximate surface area is 197 Å². The van der Waals surface area contributed by atoms with Crippen LogP contribution in [0.1, 0.15) is 5.56 Å². The highest BCUT2D eigenvalue weighted by atomic mass is 32.2. The van der Waals surface area contributed by atoms with Crippen LogP contribution in [0.2, 0.25) is 0 Å². The number of primary amides is 2. The highest BCUT2D eigenvalue weighted by Crippen LogP contribution is 2.44. The Morgan fingerprint density at radius 1 is 0.882 bits per heavy atom. The molecule has 0 aliphatic carbocycles. The van der Waals surface area contributed by atoms with Crippen molar-refractivity contribution in [3.05, 3.63) is 90.5 Å². The summed E-state index contributed by atoms with van der Waals surface area (Å²) in [5.41, 5.74) is 11.5. The molecule has 0 saturated carbocycles. The number of carbonyl (C=O) groups excluding carboxylic acids is 2. The number of amides is 3. The molecule has 5 N–H and O–H groups in total. The van der Waals surface area contributed by atoms with E-state index in [0.717, 1.165) is 4.90 Å². The van der Waals surface area contributed by atoms with Crippen LogP contribution in [-0.2, 0) is 19.5 Å². The summed E-state index contributed by atoms with van der Waals surface area (Å²) < 4.78 is 34.2. The van der Waals surface area contributed by atoms with Gasteiger partial charge in [0, 0.05) is 13.1 Å². The van der Waals surface area contributed by atoms with Crippen LogP contribution in [0.25, 0.3) is 0 Å². The first kappa shape index (κ1) is 23.3. The van der Waals surface area contributed by atoms with Gasteiger partial charge in [-0.05, 0) is 42.0 Å². The molecule has 3 amide bonds. The SMILES string of the molecule is NC(=O)C1NCCN(C(N)=O)C1(c1ccc(Oc2ccccc2)cc1)S(=O)(=O)c1ccccc1. The molecular formula is C24H24N4O5S. The maximum absolute atomic E-state index is 14.2. The molecule has 0 aromatic heterocycles. The number of para-hydroxylation sites is 1. The van der Waals surface area contributed by atoms with Crippen LogP contribution in [0, 0.1) is 0 Å². The number of nitrogens with two attached hydrogens (primary N) is 2. The molecule has 1 heterocycles. The first-order valence-corrected chi connectivity index (χ1v) is 12.0. The average Bonchev–Trinajstić information content (AvgIpc) is 2.85. The van der Waals surface area contributed by atoms with Crippen LogP contribution in [-0.4, -0.2) is 44.4 Å². The van der Waals surface area contributed by atoms with Gasteiger partial charge in [0.1, 0.15) is 17.5 Å². The van der Waals surface area contributed by atoms with Crippen molar-refractivity contribution >= 4 is 21.8 Å². The van der Waals surface area contributed by atoms with Gasteiger partial charge in [-0.2, -0.15) is 0 Å². The van der Waals surface area contributed by atoms with Gasteiger partial charge < -0.3 is 21.5 Å². The minimum atomic E-state index is -4.42. The van der Waals surface area contributed by atoms with E-state index in [-0.39, 0.29) is 23.5 Å². The Balaban J connectivity index is 1.92. The Morgan fingerprint density at radius 2 is 1.44 bits per heavy atom. The minimum absolute atomic E-state index is 0.0482. The maximum Gasteiger partial charge on any atom is 0.316 e. The van der Waals surface area contributed by atoms with Gasteiger partial charge in [0.05, 0.1) is 4.90 Å². The smallest absolute Gasteiger partial charge is 0.316 e. The van der Waals surface area contributed by atoms with E-state index in [1.54, 1.807) is 42.5 Å². The number of nitrogens with one attached hydrogen (secondary N) is 1. The number of hydrogen-bond acceptors (Lipinski definition) is 6. The standard InChI is InChI=1S/C24H24N4O5S/c25-22(29)21-24(28(23(26)30)16-15-27-21,34(31,32)20-9-5-2-6-10-20)17-11-13-19(14-12-17)33-18-7-3-1-4-8-18/h1-14,21,27H,15-16H2,(H2,25,29)(H2,26,30). The Morgan fingerprint density at radius 3 is 2.00 bits per heavy atom. The Kier molecular flexibility index (Phi) is 6.27. The van der Waals surface area contributed by atoms with Gasteiger partial charge in [0.25, 0.3) is 0 Å². The first-order valence-electron chi connectivity index (χ1n) is 10.5. The molecule has 34 heavy (non-hydrogen) atoms. The van der Waals surface area contributed by atoms with Crippen LogP contribution < -0.4 is 21.5 Å². The van der Waals surface area contributed by atoms with Crippen LogP contribution >= 0.6 is 0 Å². The molecule has 10 heteroatoms. The summed E-state index contributed by atoms with van der Waals surface area (Å²) in [7, 11) is -4.42. The van der Waals surface area contributed by atoms with Gasteiger partial charge in [-0.3, -0.25) is 9.69 Å². The molecule has 1 aliphatic heterocycles. The highest BCUT2D eigenvalue weighted by Gasteiger charge is 2.61. The van der Waals surface area contributed by atoms with Gasteiger partial charge in [0.2, 0.25) is 20.6 Å². The predicted molar refractivity (Wildman–Crippen MR) is 126 cm³/mol. The Bertz CT molecular complexity index is 1260. The third kappa shape index (κ3) is 3.87. The van der Waals surface area contributed by atoms with E-state index in [9.17, 15) is 18.0 Å². The zero-order valence-electron chi connectivity index (χ0n) is 18.1. The fourth-order valence-corrected chi connectivity index (χ4v) is 6.59. The summed E-state index contributed by atoms with van der Waals surface area (Å²) in [4.78, 5) is 23.9. The normalized spacial score (nSPS) is 20.5. The second kappa shape index (κ2) is 9.16. The van der Waals surface area contributed by atoms with E-state index in [1.165, 1.54) is 24.3 Å². The van der Waals surface area contributed by atoms with Gasteiger partial charge in [-0.15, -0.1) is 0 Å². The Hall–Kier alpha value is -3.89. The lowest BCUT2D eigenvalue weighted by Crippen LogP contribution is -2.73. The zero-order chi connectivity index (χ0) is 24.3. The van der Waals surface area contributed by atoms with Crippen molar-refractivity contribution in [3.8, 4) is 11.5 Å². The van der Waals surface area contributed by atoms with E-state index in [4.69, 9.17) is 16.2 Å². The van der Waals surface area contributed by atoms with Gasteiger partial charge >= 0.3 is 6.03 Å². The molecule has 3 aromatic carbocycles. The molecule has 1 fully saturated rings. The summed E-state index contributed by atoms with van der Waals surface area (Å²) in [6.07, 6.45) is 0. The molecule has 0 spiro atoms. The third-order valence-corrected chi connectivity index (χ3v) is 8.14. The fraction of sp³-hybridized carbons (Fsp3) is 0.167. The summed E-state index contributed by atoms with van der Waals surface area (Å²) >= 11 is 0. The van der Waals surface area contributed by atoms with Crippen molar-refractivity contribution in [2.45, 2.75) is 15.8 Å². The molecule has 1 saturated heterocycles. The molecule has 4 rings (SSSR count). The number of hydrogen-bond donors (Lipinski definition) is 3. The van der Waals surface area contributed by atoms with Crippen LogP contribution in [0.5, 0.6) is 11.5 Å². The number of ether oxygens (including phenoxy) is 1. The van der Waals surface area contributed by atoms with Crippen LogP contribution in [0.3, 0.4) is 0 Å². The molecule has 1 aliphatic rings. The molecule has 2 unspecified atom stereocenters. The second-order valence-electron chi connectivity index (χ2n) is 7.73. The average molecular weight is 481 g/mol. The number of urea groups is 1. The summed E-state index contributed by atoms with van der Waals surface area (Å²) in [6.45, 7) is 0.0885. The summed E-state index contributed by atoms with van der Waals surface area (Å²) in [6, 6.07) is 20.3. The van der Waals surface area contributed by atoms with Crippen molar-refractivity contribution in [1.29, 1.82) is 0 Å². The molecular weight excluding hydrogens is 456 g/mol. The highest BCUT2D eigenvalue weighted by molar-refractivity contribution is 7.92. The van der Waals surface area contributed by atoms with Gasteiger partial charge in [0.15, 0.2) is 0 Å². The van der Waals surface area contributed by atoms with Crippen molar-refractivity contribution < 1.29 is 22.7 Å². The first-order chi connectivity index (χ1) is 16.3. The lowest BCUT2D eigenvalue weighted by atomic mass is 9.93. The molecule has 9 nitrogen and oxygen atoms in total. The maximum atomic E-state index is 14.2. The van der Waals surface area contributed by atoms with Crippen LogP contribution in [0.4, 0.5) is 4.79 Å². The molecule has 176 valence electrons. The number of sulfone groups is 1. The monoisotopic (exact) mass is 480 g/mol. The molecule has 0 bridgehead atoms. The van der Waals surface area contributed by atoms with Crippen molar-refractivity contribution in [1.82, 2.24) is 10.2 Å². The lowest BCUT2D eigenvalue weighted by molar-refractivity contribution is -0.123. The molecule has 3 aromatic rings. The second-order valence-corrected chi connectivity index (χ2v) is 9.83. The quantitative estimate of drug-likeness (QED) is 0.492. The van der Waals surface area contributed by atoms with E-state index in [0.29, 0.717) is 11.5 Å². The third-order valence-electron chi connectivity index (χ3n) is 5.74. The summed E-state index contributed by atoms with van der Waals surface area (Å²) in [5.74, 6) is 0.0947. The van der Waals surface area contributed by atoms with Crippen molar-refractivity contribution in [2.24, 2.45) is 11.5 Å². The van der Waals surface area contributed by atoms with Crippen LogP contribution in [0.15, 0.2) is 89.8 Å². The van der Waals surface area contributed by atoms with Gasteiger partial charge in [-0.25, -0.2) is 13.2 Å². The molecule has 2 atom stereocenters. The molecule has 0 radical (unpaired) electrons. The number of benzene rings is 3. The van der Waals surface area contributed by atoms with Crippen molar-refractivity contribution in [2.75, 3.05) is 13.1 Å². The minimum Gasteiger partial charge on any atom is -0.457 e. The van der Waals surface area contributed by atoms with E-state index in [1.807, 2.05) is 18.2 Å². The van der Waals surface area contributed by atoms with Crippen molar-refractivity contribution in [3.63, 3.8) is 0 Å². The topological polar surface area (TPSA) is 145 Å². The number of rotatable bonds is 6. The summed E-state index contributed by atoms with van der Waals surface area (Å²) in [5, 5.41) is 2.89. The van der Waals surface area contributed by atoms with Gasteiger partial charge in [-0.1, -0.05) is 48.5 Å². The van der Waals surface area contributed by atoms with E-state index in [2.05, 4.69) is 5.32 Å². The number of nitrogens with zero attached hydrogens (tertiary/aromatic N) is 1. The number of carbonyl (C=O) groups is 2. The van der Waals surface area contributed by atoms with E-state index >= 15 is 0 Å². The lowest BCUT2D eigenvalue weighted by Gasteiger charge is -2.49. The fourth-order valence-electron chi connectivity index (χ4n) is 4.29. The zero-order valence-corrected chi connectivity index (χ0v) is 18.9.